The van der Waals surface area contributed by atoms with Crippen LogP contribution in [0.1, 0.15) is 85.1 Å². The molecule has 0 spiro atoms. The molecule has 0 bridgehead atoms. The van der Waals surface area contributed by atoms with Crippen molar-refractivity contribution in [2.45, 2.75) is 91.5 Å². The molecule has 3 aromatic rings. The average molecular weight is 670 g/mol. The van der Waals surface area contributed by atoms with Crippen molar-refractivity contribution in [2.24, 2.45) is 22.7 Å². The zero-order valence-electron chi connectivity index (χ0n) is 29.7. The van der Waals surface area contributed by atoms with Crippen LogP contribution in [0.4, 0.5) is 5.69 Å². The Morgan fingerprint density at radius 1 is 0.894 bits per heavy atom. The molecule has 2 atom stereocenters. The molecule has 4 nitrogen and oxygen atoms in total. The van der Waals surface area contributed by atoms with E-state index in [1.165, 1.54) is 50.1 Å². The number of hydrogen-bond donors (Lipinski definition) is 0. The number of methoxy groups -OCH3 is 2. The van der Waals surface area contributed by atoms with Gasteiger partial charge in [0.25, 0.3) is 5.01 Å². The molecule has 2 saturated carbocycles. The molecular weight excluding hydrogens is 617 g/mol. The van der Waals surface area contributed by atoms with Gasteiger partial charge >= 0.3 is 0 Å². The number of hydrogen-bond acceptors (Lipinski definition) is 5. The van der Waals surface area contributed by atoms with Crippen LogP contribution in [0.25, 0.3) is 16.3 Å². The smallest absolute Gasteiger partial charge is 0.262 e. The summed E-state index contributed by atoms with van der Waals surface area (Å²) in [5, 5.41) is 2.72. The highest BCUT2D eigenvalue weighted by molar-refractivity contribution is 8.03. The fraction of sp³-hybridized carbons (Fsp3) is 0.488. The monoisotopic (exact) mass is 669 g/mol. The van der Waals surface area contributed by atoms with Gasteiger partial charge in [-0.25, -0.2) is 0 Å². The van der Waals surface area contributed by atoms with Crippen molar-refractivity contribution in [2.75, 3.05) is 25.7 Å². The van der Waals surface area contributed by atoms with Gasteiger partial charge in [-0.15, -0.1) is 0 Å². The van der Waals surface area contributed by atoms with Gasteiger partial charge in [0, 0.05) is 29.6 Å². The van der Waals surface area contributed by atoms with Crippen LogP contribution in [-0.2, 0) is 6.54 Å². The number of rotatable bonds is 8. The minimum absolute atomic E-state index is 0.291. The van der Waals surface area contributed by atoms with E-state index in [-0.39, 0.29) is 0 Å². The van der Waals surface area contributed by atoms with Crippen LogP contribution in [0.3, 0.4) is 0 Å². The quantitative estimate of drug-likeness (QED) is 0.223. The minimum Gasteiger partial charge on any atom is -0.497 e. The summed E-state index contributed by atoms with van der Waals surface area (Å²) in [5.74, 6) is 2.96. The summed E-state index contributed by atoms with van der Waals surface area (Å²) >= 11 is 3.78. The molecule has 1 aliphatic heterocycles. The molecule has 2 unspecified atom stereocenters. The van der Waals surface area contributed by atoms with Gasteiger partial charge in [0.1, 0.15) is 22.7 Å². The topological polar surface area (TPSA) is 25.6 Å². The Morgan fingerprint density at radius 2 is 1.57 bits per heavy atom. The fourth-order valence-electron chi connectivity index (χ4n) is 8.28. The average Bonchev–Trinajstić information content (AvgIpc) is 3.54. The Balaban J connectivity index is 1.18. The Labute approximate surface area is 291 Å². The predicted octanol–water partition coefficient (Wildman–Crippen LogP) is 11.2. The van der Waals surface area contributed by atoms with E-state index in [4.69, 9.17) is 9.47 Å². The lowest BCUT2D eigenvalue weighted by molar-refractivity contribution is -0.665. The first-order chi connectivity index (χ1) is 22.5. The number of thioether (sulfide) groups is 1. The third kappa shape index (κ3) is 7.70. The SMILES string of the molecule is CCN1/C(=C\C2CC(=C/C=C/C3CC(=Cc4sc5cc(OC)ccc5[n+]4CC)CC(C)(C)C3)CC(C)(C)C2)Sc2cc(OC)ccc21. The van der Waals surface area contributed by atoms with Crippen molar-refractivity contribution >= 4 is 45.1 Å². The summed E-state index contributed by atoms with van der Waals surface area (Å²) < 4.78 is 14.8. The Hall–Kier alpha value is -2.96. The molecule has 6 rings (SSSR count). The van der Waals surface area contributed by atoms with Crippen LogP contribution in [-0.4, -0.2) is 20.8 Å². The number of anilines is 1. The van der Waals surface area contributed by atoms with E-state index in [0.717, 1.165) is 43.9 Å². The molecule has 6 heteroatoms. The molecule has 47 heavy (non-hydrogen) atoms. The van der Waals surface area contributed by atoms with E-state index in [0.29, 0.717) is 22.7 Å². The van der Waals surface area contributed by atoms with Crippen LogP contribution in [0, 0.1) is 22.7 Å². The zero-order valence-corrected chi connectivity index (χ0v) is 31.3. The van der Waals surface area contributed by atoms with Crippen LogP contribution in [0.5, 0.6) is 11.5 Å². The van der Waals surface area contributed by atoms with E-state index in [2.05, 4.69) is 118 Å². The van der Waals surface area contributed by atoms with E-state index in [9.17, 15) is 0 Å². The summed E-state index contributed by atoms with van der Waals surface area (Å²) in [4.78, 5) is 3.77. The molecule has 2 heterocycles. The third-order valence-corrected chi connectivity index (χ3v) is 12.2. The van der Waals surface area contributed by atoms with E-state index in [1.54, 1.807) is 25.4 Å². The van der Waals surface area contributed by atoms with Crippen molar-refractivity contribution in [1.82, 2.24) is 0 Å². The fourth-order valence-corrected chi connectivity index (χ4v) is 10.8. The number of thiazole rings is 1. The third-order valence-electron chi connectivity index (χ3n) is 10.0. The van der Waals surface area contributed by atoms with Gasteiger partial charge in [-0.1, -0.05) is 86.2 Å². The summed E-state index contributed by atoms with van der Waals surface area (Å²) in [6, 6.07) is 12.9. The number of benzene rings is 2. The second kappa shape index (κ2) is 13.9. The molecule has 250 valence electrons. The first-order valence-corrected chi connectivity index (χ1v) is 19.0. The lowest BCUT2D eigenvalue weighted by Gasteiger charge is -2.36. The number of aryl methyl sites for hydroxylation is 1. The second-order valence-corrected chi connectivity index (χ2v) is 17.4. The standard InChI is InChI=1S/C41H53N2O2S2/c1-9-42-34-16-14-32(44-7)22-36(34)46-38(42)20-30-18-28(24-40(3,4)26-30)12-11-13-29-19-31(27-41(5,6)25-29)21-39-43(10-2)35-17-15-33(45-8)23-37(35)47-39/h11-17,20-23,28,31H,9-10,18-19,24-27H2,1-8H3/q+1/b12-11+,29-13?,30-20?,39-21+. The molecule has 1 aromatic heterocycles. The molecule has 0 amide bonds. The van der Waals surface area contributed by atoms with Gasteiger partial charge in [0.2, 0.25) is 5.52 Å². The van der Waals surface area contributed by atoms with Crippen LogP contribution < -0.4 is 18.9 Å². The second-order valence-electron chi connectivity index (χ2n) is 15.2. The number of aromatic nitrogens is 1. The van der Waals surface area contributed by atoms with Gasteiger partial charge in [-0.2, -0.15) is 4.57 Å². The van der Waals surface area contributed by atoms with Gasteiger partial charge in [0.15, 0.2) is 0 Å². The lowest BCUT2D eigenvalue weighted by Crippen LogP contribution is -2.33. The van der Waals surface area contributed by atoms with Gasteiger partial charge in [-0.3, -0.25) is 0 Å². The highest BCUT2D eigenvalue weighted by atomic mass is 32.2. The first-order valence-electron chi connectivity index (χ1n) is 17.4. The highest BCUT2D eigenvalue weighted by Crippen LogP contribution is 2.50. The molecular formula is C41H53N2O2S2+. The normalized spacial score (nSPS) is 24.9. The molecule has 2 aromatic carbocycles. The van der Waals surface area contributed by atoms with Crippen LogP contribution >= 0.6 is 23.1 Å². The predicted molar refractivity (Wildman–Crippen MR) is 202 cm³/mol. The largest absolute Gasteiger partial charge is 0.497 e. The summed E-state index contributed by atoms with van der Waals surface area (Å²) in [5.41, 5.74) is 6.34. The maximum atomic E-state index is 5.52. The number of nitrogens with zero attached hydrogens (tertiary/aromatic N) is 2. The minimum atomic E-state index is 0.291. The van der Waals surface area contributed by atoms with Crippen molar-refractivity contribution in [3.63, 3.8) is 0 Å². The number of ether oxygens (including phenoxy) is 2. The van der Waals surface area contributed by atoms with Gasteiger partial charge in [0.05, 0.1) is 24.9 Å². The van der Waals surface area contributed by atoms with E-state index in [1.807, 2.05) is 23.1 Å². The van der Waals surface area contributed by atoms with Crippen molar-refractivity contribution < 1.29 is 14.0 Å². The Morgan fingerprint density at radius 3 is 2.30 bits per heavy atom. The van der Waals surface area contributed by atoms with Gasteiger partial charge in [-0.05, 0) is 99.3 Å². The maximum absolute atomic E-state index is 5.52. The molecule has 2 aliphatic carbocycles. The Bertz CT molecular complexity index is 1740. The van der Waals surface area contributed by atoms with Crippen molar-refractivity contribution in [3.8, 4) is 11.5 Å². The Kier molecular flexibility index (Phi) is 10.0. The van der Waals surface area contributed by atoms with Crippen molar-refractivity contribution in [3.05, 3.63) is 81.9 Å². The zero-order chi connectivity index (χ0) is 33.3. The van der Waals surface area contributed by atoms with Crippen LogP contribution in [0.2, 0.25) is 0 Å². The summed E-state index contributed by atoms with van der Waals surface area (Å²) in [7, 11) is 3.50. The van der Waals surface area contributed by atoms with E-state index >= 15 is 0 Å². The number of allylic oxidation sites excluding steroid dienone is 6. The molecule has 2 fully saturated rings. The lowest BCUT2D eigenvalue weighted by atomic mass is 9.69. The molecule has 0 saturated heterocycles. The van der Waals surface area contributed by atoms with Gasteiger partial charge < -0.3 is 14.4 Å². The van der Waals surface area contributed by atoms with Crippen molar-refractivity contribution in [1.29, 1.82) is 0 Å². The molecule has 0 radical (unpaired) electrons. The maximum Gasteiger partial charge on any atom is 0.262 e. The summed E-state index contributed by atoms with van der Waals surface area (Å²) in [6.07, 6.45) is 19.5. The molecule has 3 aliphatic rings. The number of fused-ring (bicyclic) bond motifs is 2. The first kappa shape index (κ1) is 33.9. The summed E-state index contributed by atoms with van der Waals surface area (Å²) in [6.45, 7) is 16.2. The highest BCUT2D eigenvalue weighted by Gasteiger charge is 2.33. The molecule has 0 N–H and O–H groups in total. The van der Waals surface area contributed by atoms with Crippen LogP contribution in [0.15, 0.2) is 81.8 Å². The van der Waals surface area contributed by atoms with E-state index < -0.39 is 0 Å².